The number of hydrogen-bond donors (Lipinski definition) is 0. The summed E-state index contributed by atoms with van der Waals surface area (Å²) in [6.07, 6.45) is 0. The van der Waals surface area contributed by atoms with Crippen LogP contribution in [-0.2, 0) is 30.3 Å². The van der Waals surface area contributed by atoms with Gasteiger partial charge in [0.05, 0.1) is 13.2 Å². The van der Waals surface area contributed by atoms with Crippen LogP contribution in [0, 0.1) is 0 Å². The van der Waals surface area contributed by atoms with E-state index in [1.807, 2.05) is 20.8 Å². The maximum absolute atomic E-state index is 11.9. The summed E-state index contributed by atoms with van der Waals surface area (Å²) in [4.78, 5) is 11.9. The summed E-state index contributed by atoms with van der Waals surface area (Å²) >= 11 is 5.25. The van der Waals surface area contributed by atoms with Gasteiger partial charge in [-0.05, 0) is 27.3 Å². The summed E-state index contributed by atoms with van der Waals surface area (Å²) in [5.74, 6) is 0.403. The minimum absolute atomic E-state index is 0.336. The van der Waals surface area contributed by atoms with Gasteiger partial charge in [0.1, 0.15) is 0 Å². The third-order valence-corrected chi connectivity index (χ3v) is 11.1. The molecule has 3 atom stereocenters. The van der Waals surface area contributed by atoms with E-state index in [2.05, 4.69) is 0 Å². The molecule has 0 spiro atoms. The van der Waals surface area contributed by atoms with E-state index >= 15 is 0 Å². The highest BCUT2D eigenvalue weighted by Crippen LogP contribution is 2.64. The largest absolute Gasteiger partial charge is 0.463 e. The number of ether oxygens (including phenoxy) is 2. The first kappa shape index (κ1) is 17.4. The van der Waals surface area contributed by atoms with Crippen LogP contribution in [0.4, 0.5) is 0 Å². The second kappa shape index (κ2) is 9.34. The van der Waals surface area contributed by atoms with Gasteiger partial charge in [0.2, 0.25) is 5.44 Å². The fraction of sp³-hybridized carbons (Fsp3) is 0.900. The van der Waals surface area contributed by atoms with Crippen LogP contribution in [0.2, 0.25) is 0 Å². The molecule has 4 nitrogen and oxygen atoms in total. The summed E-state index contributed by atoms with van der Waals surface area (Å²) in [5.41, 5.74) is -0.620. The lowest BCUT2D eigenvalue weighted by Crippen LogP contribution is -2.32. The molecule has 0 aliphatic rings. The van der Waals surface area contributed by atoms with Crippen LogP contribution in [0.5, 0.6) is 0 Å². The monoisotopic (exact) mass is 302 g/mol. The Hall–Kier alpha value is 0.390. The molecule has 0 aromatic rings. The molecule has 0 amide bonds. The third-order valence-electron chi connectivity index (χ3n) is 2.11. The SMILES string of the molecule is CCOC(=O)C(OCC)S(CC)(OCC)[PH2]=S. The second-order valence-corrected chi connectivity index (χ2v) is 10.8. The second-order valence-electron chi connectivity index (χ2n) is 3.11. The molecule has 0 fully saturated rings. The van der Waals surface area contributed by atoms with Gasteiger partial charge in [-0.2, -0.15) is 0 Å². The molecule has 7 heteroatoms. The quantitative estimate of drug-likeness (QED) is 0.483. The average molecular weight is 302 g/mol. The van der Waals surface area contributed by atoms with E-state index in [0.717, 1.165) is 5.75 Å². The summed E-state index contributed by atoms with van der Waals surface area (Å²) < 4.78 is 16.4. The third kappa shape index (κ3) is 4.87. The van der Waals surface area contributed by atoms with Crippen molar-refractivity contribution in [2.75, 3.05) is 25.6 Å². The number of hydrogen-bond acceptors (Lipinski definition) is 5. The van der Waals surface area contributed by atoms with Crippen LogP contribution in [0.15, 0.2) is 0 Å². The Morgan fingerprint density at radius 3 is 2.24 bits per heavy atom. The van der Waals surface area contributed by atoms with Gasteiger partial charge in [0.25, 0.3) is 0 Å². The fourth-order valence-corrected chi connectivity index (χ4v) is 7.94. The van der Waals surface area contributed by atoms with E-state index in [-0.39, 0.29) is 12.5 Å². The summed E-state index contributed by atoms with van der Waals surface area (Å²) in [6, 6.07) is 0. The summed E-state index contributed by atoms with van der Waals surface area (Å²) in [6.45, 7) is 8.52. The predicted molar refractivity (Wildman–Crippen MR) is 78.9 cm³/mol. The van der Waals surface area contributed by atoms with E-state index in [9.17, 15) is 4.79 Å². The Balaban J connectivity index is 5.06. The Morgan fingerprint density at radius 2 is 1.88 bits per heavy atom. The molecule has 0 aliphatic carbocycles. The van der Waals surface area contributed by atoms with E-state index in [1.165, 1.54) is 0 Å². The molecule has 17 heavy (non-hydrogen) atoms. The molecular formula is C10H23O4PS2. The summed E-state index contributed by atoms with van der Waals surface area (Å²) in [5, 5.41) is 0. The van der Waals surface area contributed by atoms with Gasteiger partial charge in [-0.3, -0.25) is 0 Å². The van der Waals surface area contributed by atoms with Crippen molar-refractivity contribution in [1.29, 1.82) is 0 Å². The van der Waals surface area contributed by atoms with Gasteiger partial charge in [-0.1, -0.05) is 28.7 Å². The van der Waals surface area contributed by atoms with Crippen LogP contribution in [0.25, 0.3) is 0 Å². The highest BCUT2D eigenvalue weighted by molar-refractivity contribution is 8.75. The molecule has 0 N–H and O–H groups in total. The molecule has 0 aliphatic heterocycles. The first-order chi connectivity index (χ1) is 8.11. The Labute approximate surface area is 111 Å². The Bertz CT molecular complexity index is 252. The number of esters is 1. The maximum Gasteiger partial charge on any atom is 0.346 e. The van der Waals surface area contributed by atoms with Crippen LogP contribution < -0.4 is 0 Å². The van der Waals surface area contributed by atoms with Crippen molar-refractivity contribution in [2.24, 2.45) is 0 Å². The van der Waals surface area contributed by atoms with Crippen LogP contribution in [0.3, 0.4) is 0 Å². The number of carbonyl (C=O) groups is 1. The standard InChI is InChI=1S/C10H23O4PS2/c1-5-12-9(11)10(13-6-2)17(8-4,15-16)14-7-3/h10H,5-8,15H2,1-4H3. The molecule has 0 heterocycles. The lowest BCUT2D eigenvalue weighted by molar-refractivity contribution is -0.150. The molecule has 0 aromatic heterocycles. The minimum atomic E-state index is -1.65. The smallest absolute Gasteiger partial charge is 0.346 e. The molecule has 104 valence electrons. The van der Waals surface area contributed by atoms with Gasteiger partial charge >= 0.3 is 5.97 Å². The van der Waals surface area contributed by atoms with Crippen molar-refractivity contribution < 1.29 is 18.5 Å². The van der Waals surface area contributed by atoms with Crippen molar-refractivity contribution in [3.05, 3.63) is 0 Å². The van der Waals surface area contributed by atoms with E-state index in [0.29, 0.717) is 19.8 Å². The molecule has 0 rings (SSSR count). The van der Waals surface area contributed by atoms with Crippen LogP contribution in [-0.4, -0.2) is 37.0 Å². The summed E-state index contributed by atoms with van der Waals surface area (Å²) in [7, 11) is -1.65. The van der Waals surface area contributed by atoms with E-state index < -0.39 is 15.4 Å². The predicted octanol–water partition coefficient (Wildman–Crippen LogP) is 2.48. The van der Waals surface area contributed by atoms with Crippen molar-refractivity contribution >= 4 is 34.3 Å². The number of carbonyl (C=O) groups excluding carboxylic acids is 1. The first-order valence-electron chi connectivity index (χ1n) is 5.79. The van der Waals surface area contributed by atoms with Crippen LogP contribution >= 0.6 is 16.5 Å². The molecule has 3 unspecified atom stereocenters. The van der Waals surface area contributed by atoms with Crippen LogP contribution in [0.1, 0.15) is 27.7 Å². The van der Waals surface area contributed by atoms with E-state index in [1.54, 1.807) is 6.92 Å². The normalized spacial score (nSPS) is 18.8. The van der Waals surface area contributed by atoms with Gasteiger partial charge in [0.15, 0.2) is 0 Å². The zero-order chi connectivity index (χ0) is 13.3. The van der Waals surface area contributed by atoms with Gasteiger partial charge in [-0.25, -0.2) is 4.79 Å². The zero-order valence-corrected chi connectivity index (χ0v) is 13.7. The number of rotatable bonds is 9. The Kier molecular flexibility index (Phi) is 9.55. The first-order valence-corrected chi connectivity index (χ1v) is 10.9. The van der Waals surface area contributed by atoms with Crippen molar-refractivity contribution in [1.82, 2.24) is 0 Å². The molecule has 0 bridgehead atoms. The highest BCUT2D eigenvalue weighted by atomic mass is 32.9. The van der Waals surface area contributed by atoms with Gasteiger partial charge in [-0.15, -0.1) is 0 Å². The topological polar surface area (TPSA) is 44.8 Å². The molecular weight excluding hydrogens is 279 g/mol. The van der Waals surface area contributed by atoms with Crippen molar-refractivity contribution in [2.45, 2.75) is 33.1 Å². The van der Waals surface area contributed by atoms with E-state index in [4.69, 9.17) is 25.5 Å². The molecule has 0 radical (unpaired) electrons. The lowest BCUT2D eigenvalue weighted by atomic mass is 10.7. The zero-order valence-electron chi connectivity index (χ0n) is 10.9. The molecule has 0 saturated heterocycles. The van der Waals surface area contributed by atoms with Crippen molar-refractivity contribution in [3.8, 4) is 0 Å². The maximum atomic E-state index is 11.9. The lowest BCUT2D eigenvalue weighted by Gasteiger charge is -2.39. The average Bonchev–Trinajstić information content (AvgIpc) is 2.34. The highest BCUT2D eigenvalue weighted by Gasteiger charge is 2.38. The van der Waals surface area contributed by atoms with Gasteiger partial charge in [0, 0.05) is 12.4 Å². The Morgan fingerprint density at radius 1 is 1.24 bits per heavy atom. The fourth-order valence-electron chi connectivity index (χ4n) is 1.37. The van der Waals surface area contributed by atoms with Crippen molar-refractivity contribution in [3.63, 3.8) is 0 Å². The molecule has 0 saturated carbocycles. The van der Waals surface area contributed by atoms with Gasteiger partial charge < -0.3 is 13.7 Å². The minimum Gasteiger partial charge on any atom is -0.463 e. The molecule has 0 aromatic carbocycles.